The molecule has 264 valence electrons. The zero-order valence-electron chi connectivity index (χ0n) is 26.9. The van der Waals surface area contributed by atoms with E-state index in [4.69, 9.17) is 22.1 Å². The Kier molecular flexibility index (Phi) is 10.3. The van der Waals surface area contributed by atoms with E-state index in [0.29, 0.717) is 27.8 Å². The third-order valence-corrected chi connectivity index (χ3v) is 11.0. The number of hydrogen-bond acceptors (Lipinski definition) is 10. The average molecular weight is 733 g/mol. The summed E-state index contributed by atoms with van der Waals surface area (Å²) in [6.07, 6.45) is -4.19. The van der Waals surface area contributed by atoms with E-state index in [1.165, 1.54) is 68.5 Å². The summed E-state index contributed by atoms with van der Waals surface area (Å²) in [6.45, 7) is 2.68. The largest absolute Gasteiger partial charge is 0.495 e. The smallest absolute Gasteiger partial charge is 0.491 e. The second kappa shape index (κ2) is 14.2. The van der Waals surface area contributed by atoms with Crippen molar-refractivity contribution in [2.45, 2.75) is 48.7 Å². The standard InChI is InChI=1S/C34H32ClF3N4O7S/c1-18(2)50(46,47)27-7-5-4-6-23(27)29-24(32(44)49-33(45)34(36,37)38)13-15-42(29)31(43)28(20-8-11-25(35)26(17-20)48-3)41-21-9-10-22-19(16-21)12-14-40-30(22)39/h4-12,14,16-18,24,28-29,41H,13,15H2,1-3H3,(H2,39,40)/t24?,28-,29?/m1/s1. The molecule has 2 unspecified atom stereocenters. The normalized spacial score (nSPS) is 17.1. The molecule has 5 rings (SSSR count). The van der Waals surface area contributed by atoms with Crippen molar-refractivity contribution >= 4 is 61.6 Å². The number of esters is 2. The van der Waals surface area contributed by atoms with Gasteiger partial charge in [0.2, 0.25) is 5.91 Å². The van der Waals surface area contributed by atoms with Gasteiger partial charge >= 0.3 is 18.1 Å². The van der Waals surface area contributed by atoms with Crippen LogP contribution in [0.3, 0.4) is 0 Å². The number of fused-ring (bicyclic) bond motifs is 1. The van der Waals surface area contributed by atoms with Crippen LogP contribution in [0, 0.1) is 5.92 Å². The SMILES string of the molecule is COc1cc([C@@H](Nc2ccc3c(N)nccc3c2)C(=O)N2CCC(C(=O)OC(=O)C(F)(F)F)C2c2ccccc2S(=O)(=O)C(C)C)ccc1Cl. The van der Waals surface area contributed by atoms with Gasteiger partial charge in [0.15, 0.2) is 9.84 Å². The van der Waals surface area contributed by atoms with E-state index in [2.05, 4.69) is 15.0 Å². The zero-order valence-corrected chi connectivity index (χ0v) is 28.5. The molecule has 0 aliphatic carbocycles. The Morgan fingerprint density at radius 1 is 1.06 bits per heavy atom. The molecule has 1 aliphatic heterocycles. The highest BCUT2D eigenvalue weighted by Crippen LogP contribution is 2.44. The van der Waals surface area contributed by atoms with Gasteiger partial charge in [-0.2, -0.15) is 13.2 Å². The number of aromatic nitrogens is 1. The summed E-state index contributed by atoms with van der Waals surface area (Å²) in [5, 5.41) is 3.88. The summed E-state index contributed by atoms with van der Waals surface area (Å²) in [6, 6.07) is 14.4. The van der Waals surface area contributed by atoms with Gasteiger partial charge in [0.1, 0.15) is 17.6 Å². The van der Waals surface area contributed by atoms with Crippen LogP contribution in [-0.2, 0) is 29.0 Å². The lowest BCUT2D eigenvalue weighted by molar-refractivity contribution is -0.203. The van der Waals surface area contributed by atoms with Crippen LogP contribution in [0.2, 0.25) is 5.02 Å². The van der Waals surface area contributed by atoms with Crippen molar-refractivity contribution in [1.82, 2.24) is 9.88 Å². The summed E-state index contributed by atoms with van der Waals surface area (Å²) in [7, 11) is -2.66. The molecule has 0 radical (unpaired) electrons. The molecule has 3 aromatic carbocycles. The first-order valence-corrected chi connectivity index (χ1v) is 17.2. The molecule has 50 heavy (non-hydrogen) atoms. The van der Waals surface area contributed by atoms with Crippen LogP contribution >= 0.6 is 11.6 Å². The molecule has 4 aromatic rings. The number of amides is 1. The minimum Gasteiger partial charge on any atom is -0.495 e. The molecule has 1 fully saturated rings. The molecule has 3 atom stereocenters. The molecule has 1 aliphatic rings. The molecule has 0 spiro atoms. The lowest BCUT2D eigenvalue weighted by atomic mass is 9.93. The fourth-order valence-electron chi connectivity index (χ4n) is 5.90. The number of carbonyl (C=O) groups is 3. The van der Waals surface area contributed by atoms with Crippen molar-refractivity contribution in [2.75, 3.05) is 24.7 Å². The number of nitrogen functional groups attached to an aromatic ring is 1. The molecule has 11 nitrogen and oxygen atoms in total. The Bertz CT molecular complexity index is 2080. The van der Waals surface area contributed by atoms with Gasteiger partial charge in [-0.15, -0.1) is 0 Å². The summed E-state index contributed by atoms with van der Waals surface area (Å²) in [5.74, 6) is -5.97. The Morgan fingerprint density at radius 3 is 2.46 bits per heavy atom. The number of ether oxygens (including phenoxy) is 2. The first-order valence-electron chi connectivity index (χ1n) is 15.2. The number of likely N-dealkylation sites (tertiary alicyclic amines) is 1. The molecule has 1 saturated heterocycles. The van der Waals surface area contributed by atoms with E-state index in [1.54, 1.807) is 30.3 Å². The molecule has 1 aromatic heterocycles. The quantitative estimate of drug-likeness (QED) is 0.154. The van der Waals surface area contributed by atoms with Crippen LogP contribution < -0.4 is 15.8 Å². The minimum absolute atomic E-state index is 0.0189. The minimum atomic E-state index is -5.47. The number of anilines is 2. The molecule has 2 heterocycles. The maximum atomic E-state index is 14.8. The van der Waals surface area contributed by atoms with Crippen LogP contribution in [0.5, 0.6) is 5.75 Å². The van der Waals surface area contributed by atoms with Gasteiger partial charge in [-0.25, -0.2) is 18.2 Å². The van der Waals surface area contributed by atoms with E-state index >= 15 is 0 Å². The van der Waals surface area contributed by atoms with Crippen molar-refractivity contribution in [3.05, 3.63) is 89.1 Å². The first-order chi connectivity index (χ1) is 23.5. The molecule has 3 N–H and O–H groups in total. The predicted molar refractivity (Wildman–Crippen MR) is 179 cm³/mol. The number of rotatable bonds is 9. The van der Waals surface area contributed by atoms with Crippen LogP contribution in [0.4, 0.5) is 24.7 Å². The summed E-state index contributed by atoms with van der Waals surface area (Å²) in [5.41, 5.74) is 6.81. The Morgan fingerprint density at radius 2 is 1.78 bits per heavy atom. The van der Waals surface area contributed by atoms with E-state index in [0.717, 1.165) is 0 Å². The number of carbonyl (C=O) groups excluding carboxylic acids is 3. The van der Waals surface area contributed by atoms with Gasteiger partial charge in [0.25, 0.3) is 0 Å². The summed E-state index contributed by atoms with van der Waals surface area (Å²) >= 11 is 6.29. The maximum absolute atomic E-state index is 14.8. The summed E-state index contributed by atoms with van der Waals surface area (Å²) < 4.78 is 76.1. The van der Waals surface area contributed by atoms with E-state index < -0.39 is 57.1 Å². The van der Waals surface area contributed by atoms with E-state index in [-0.39, 0.29) is 34.2 Å². The molecular weight excluding hydrogens is 701 g/mol. The fourth-order valence-corrected chi connectivity index (χ4v) is 7.39. The van der Waals surface area contributed by atoms with Crippen molar-refractivity contribution < 1.29 is 45.4 Å². The molecule has 0 bridgehead atoms. The van der Waals surface area contributed by atoms with Crippen molar-refractivity contribution in [2.24, 2.45) is 5.92 Å². The number of benzene rings is 3. The number of halogens is 4. The van der Waals surface area contributed by atoms with Gasteiger partial charge in [0.05, 0.1) is 34.2 Å². The van der Waals surface area contributed by atoms with Gasteiger partial charge in [-0.1, -0.05) is 35.9 Å². The maximum Gasteiger partial charge on any atom is 0.491 e. The molecule has 0 saturated carbocycles. The second-order valence-corrected chi connectivity index (χ2v) is 14.7. The lowest BCUT2D eigenvalue weighted by Gasteiger charge is -2.33. The zero-order chi connectivity index (χ0) is 36.5. The third-order valence-electron chi connectivity index (χ3n) is 8.43. The van der Waals surface area contributed by atoms with Gasteiger partial charge < -0.3 is 25.4 Å². The molecule has 1 amide bonds. The Balaban J connectivity index is 1.64. The first kappa shape index (κ1) is 36.4. The highest BCUT2D eigenvalue weighted by Gasteiger charge is 2.49. The van der Waals surface area contributed by atoms with Crippen LogP contribution in [0.1, 0.15) is 43.5 Å². The number of alkyl halides is 3. The predicted octanol–water partition coefficient (Wildman–Crippen LogP) is 6.04. The summed E-state index contributed by atoms with van der Waals surface area (Å²) in [4.78, 5) is 44.8. The van der Waals surface area contributed by atoms with E-state index in [1.807, 2.05) is 0 Å². The monoisotopic (exact) mass is 732 g/mol. The van der Waals surface area contributed by atoms with Crippen molar-refractivity contribution in [3.63, 3.8) is 0 Å². The van der Waals surface area contributed by atoms with Crippen molar-refractivity contribution in [1.29, 1.82) is 0 Å². The van der Waals surface area contributed by atoms with Crippen LogP contribution in [0.15, 0.2) is 77.8 Å². The lowest BCUT2D eigenvalue weighted by Crippen LogP contribution is -2.40. The Labute approximate surface area is 290 Å². The highest BCUT2D eigenvalue weighted by molar-refractivity contribution is 7.92. The number of nitrogens with zero attached hydrogens (tertiary/aromatic N) is 2. The van der Waals surface area contributed by atoms with Gasteiger partial charge in [0, 0.05) is 23.8 Å². The number of hydrogen-bond donors (Lipinski definition) is 2. The average Bonchev–Trinajstić information content (AvgIpc) is 3.52. The second-order valence-electron chi connectivity index (χ2n) is 11.8. The number of nitrogens with one attached hydrogen (secondary N) is 1. The van der Waals surface area contributed by atoms with Gasteiger partial charge in [-0.05, 0) is 79.2 Å². The number of pyridine rings is 1. The topological polar surface area (TPSA) is 158 Å². The number of sulfone groups is 1. The van der Waals surface area contributed by atoms with Crippen LogP contribution in [-0.4, -0.2) is 61.2 Å². The van der Waals surface area contributed by atoms with Crippen molar-refractivity contribution in [3.8, 4) is 5.75 Å². The molecular formula is C34H32ClF3N4O7S. The van der Waals surface area contributed by atoms with Gasteiger partial charge in [-0.3, -0.25) is 9.59 Å². The Hall–Kier alpha value is -4.89. The molecule has 16 heteroatoms. The number of nitrogens with two attached hydrogens (primary N) is 1. The highest BCUT2D eigenvalue weighted by atomic mass is 35.5. The van der Waals surface area contributed by atoms with Crippen LogP contribution in [0.25, 0.3) is 10.8 Å². The number of methoxy groups -OCH3 is 1. The third kappa shape index (κ3) is 7.19. The van der Waals surface area contributed by atoms with E-state index in [9.17, 15) is 36.0 Å². The fraction of sp³-hybridized carbons (Fsp3) is 0.294.